The van der Waals surface area contributed by atoms with E-state index >= 15 is 0 Å². The fourth-order valence-corrected chi connectivity index (χ4v) is 6.22. The number of rotatable bonds is 5. The Morgan fingerprint density at radius 2 is 1.94 bits per heavy atom. The van der Waals surface area contributed by atoms with Gasteiger partial charge in [0, 0.05) is 13.1 Å². The van der Waals surface area contributed by atoms with Gasteiger partial charge in [0.15, 0.2) is 5.37 Å². The summed E-state index contributed by atoms with van der Waals surface area (Å²) in [5.74, 6) is -3.08. The Morgan fingerprint density at radius 1 is 1.27 bits per heavy atom. The first-order chi connectivity index (χ1) is 15.5. The number of carbonyl (C=O) groups is 5. The zero-order valence-electron chi connectivity index (χ0n) is 17.8. The molecule has 6 amide bonds. The molecule has 1 aromatic carbocycles. The van der Waals surface area contributed by atoms with Crippen LogP contribution in [0.3, 0.4) is 0 Å². The van der Waals surface area contributed by atoms with Crippen molar-refractivity contribution in [1.82, 2.24) is 20.9 Å². The molecule has 4 rings (SSSR count). The highest BCUT2D eigenvalue weighted by Crippen LogP contribution is 2.56. The van der Waals surface area contributed by atoms with Gasteiger partial charge in [-0.2, -0.15) is 0 Å². The van der Waals surface area contributed by atoms with Crippen molar-refractivity contribution in [3.05, 3.63) is 41.1 Å². The van der Waals surface area contributed by atoms with E-state index in [4.69, 9.17) is 0 Å². The van der Waals surface area contributed by atoms with E-state index in [0.29, 0.717) is 5.56 Å². The molecule has 3 aliphatic heterocycles. The number of urea groups is 2. The van der Waals surface area contributed by atoms with Crippen LogP contribution in [0.1, 0.15) is 25.5 Å². The molecule has 0 saturated carbocycles. The van der Waals surface area contributed by atoms with Gasteiger partial charge in [-0.3, -0.25) is 9.44 Å². The lowest BCUT2D eigenvalue weighted by molar-refractivity contribution is -0.857. The Morgan fingerprint density at radius 3 is 2.52 bits per heavy atom. The van der Waals surface area contributed by atoms with Gasteiger partial charge >= 0.3 is 23.9 Å². The van der Waals surface area contributed by atoms with Crippen molar-refractivity contribution in [1.29, 1.82) is 0 Å². The number of benzene rings is 1. The minimum atomic E-state index is -1.55. The summed E-state index contributed by atoms with van der Waals surface area (Å²) < 4.78 is -2.57. The molecule has 1 unspecified atom stereocenters. The molecule has 0 aromatic heterocycles. The molecule has 0 aliphatic carbocycles. The van der Waals surface area contributed by atoms with E-state index in [1.54, 1.807) is 44.2 Å². The van der Waals surface area contributed by atoms with Crippen molar-refractivity contribution >= 4 is 41.6 Å². The van der Waals surface area contributed by atoms with Crippen molar-refractivity contribution < 1.29 is 33.7 Å². The zero-order valence-corrected chi connectivity index (χ0v) is 18.6. The van der Waals surface area contributed by atoms with E-state index in [1.807, 2.05) is 0 Å². The molecule has 176 valence electrons. The fraction of sp³-hybridized carbons (Fsp3) is 0.450. The molecule has 3 heterocycles. The summed E-state index contributed by atoms with van der Waals surface area (Å²) in [6.07, 6.45) is 0. The van der Waals surface area contributed by atoms with Crippen LogP contribution in [0.15, 0.2) is 30.3 Å². The number of quaternary nitrogens is 1. The Kier molecular flexibility index (Phi) is 5.58. The van der Waals surface area contributed by atoms with Crippen LogP contribution >= 0.6 is 11.8 Å². The molecule has 4 N–H and O–H groups in total. The summed E-state index contributed by atoms with van der Waals surface area (Å²) >= 11 is 1.04. The van der Waals surface area contributed by atoms with Crippen molar-refractivity contribution in [2.24, 2.45) is 0 Å². The quantitative estimate of drug-likeness (QED) is 0.263. The van der Waals surface area contributed by atoms with E-state index in [0.717, 1.165) is 16.7 Å². The lowest BCUT2D eigenvalue weighted by Gasteiger charge is -2.54. The first-order valence-corrected chi connectivity index (χ1v) is 11.1. The van der Waals surface area contributed by atoms with Gasteiger partial charge < -0.3 is 26.3 Å². The predicted molar refractivity (Wildman–Crippen MR) is 115 cm³/mol. The molecule has 12 nitrogen and oxygen atoms in total. The third-order valence-electron chi connectivity index (χ3n) is 6.04. The SMILES string of the molecule is CC1(C)S[C@@H]2[C@H](NC(=O)[C@H](NC(=O)N3CCNC3=O)c3ccccc3)C(=O)[N+]2([O-])[C@H]1C(=O)O. The highest BCUT2D eigenvalue weighted by atomic mass is 32.2. The number of hydroxylamine groups is 3. The largest absolute Gasteiger partial charge is 0.624 e. The van der Waals surface area contributed by atoms with Gasteiger partial charge in [-0.15, -0.1) is 0 Å². The average Bonchev–Trinajstić information content (AvgIpc) is 3.27. The maximum atomic E-state index is 13.2. The second kappa shape index (κ2) is 8.01. The number of nitrogens with one attached hydrogen (secondary N) is 3. The van der Waals surface area contributed by atoms with Crippen molar-refractivity contribution in [3.63, 3.8) is 0 Å². The van der Waals surface area contributed by atoms with Crippen molar-refractivity contribution in [3.8, 4) is 0 Å². The number of carboxylic acids is 1. The monoisotopic (exact) mass is 477 g/mol. The molecule has 3 fully saturated rings. The lowest BCUT2D eigenvalue weighted by Crippen LogP contribution is -2.79. The maximum absolute atomic E-state index is 13.2. The van der Waals surface area contributed by atoms with Gasteiger partial charge in [-0.05, 0) is 19.4 Å². The van der Waals surface area contributed by atoms with Crippen LogP contribution in [0.5, 0.6) is 0 Å². The minimum Gasteiger partial charge on any atom is -0.624 e. The first kappa shape index (κ1) is 23.0. The van der Waals surface area contributed by atoms with Crippen molar-refractivity contribution in [2.75, 3.05) is 13.1 Å². The molecule has 13 heteroatoms. The first-order valence-electron chi connectivity index (χ1n) is 10.2. The van der Waals surface area contributed by atoms with Crippen LogP contribution in [-0.4, -0.2) is 79.8 Å². The smallest absolute Gasteiger partial charge is 0.364 e. The molecule has 3 aliphatic rings. The van der Waals surface area contributed by atoms with Gasteiger partial charge in [0.25, 0.3) is 0 Å². The van der Waals surface area contributed by atoms with Gasteiger partial charge in [0.1, 0.15) is 6.04 Å². The number of carboxylic acid groups (broad SMARTS) is 1. The minimum absolute atomic E-state index is 0.134. The summed E-state index contributed by atoms with van der Waals surface area (Å²) in [5, 5.41) is 29.2. The third-order valence-corrected chi connectivity index (χ3v) is 7.69. The van der Waals surface area contributed by atoms with Crippen LogP contribution in [0.4, 0.5) is 9.59 Å². The molecule has 33 heavy (non-hydrogen) atoms. The second-order valence-electron chi connectivity index (χ2n) is 8.56. The highest BCUT2D eigenvalue weighted by Gasteiger charge is 2.74. The molecular formula is C20H23N5O7S. The Hall–Kier alpha value is -3.16. The van der Waals surface area contributed by atoms with E-state index in [2.05, 4.69) is 16.0 Å². The van der Waals surface area contributed by atoms with E-state index in [1.165, 1.54) is 0 Å². The molecule has 0 radical (unpaired) electrons. The highest BCUT2D eigenvalue weighted by molar-refractivity contribution is 8.01. The molecule has 3 saturated heterocycles. The summed E-state index contributed by atoms with van der Waals surface area (Å²) in [6.45, 7) is 3.57. The fourth-order valence-electron chi connectivity index (χ4n) is 4.51. The summed E-state index contributed by atoms with van der Waals surface area (Å²) in [7, 11) is 0. The topological polar surface area (TPSA) is 168 Å². The number of hydrogen-bond donors (Lipinski definition) is 4. The van der Waals surface area contributed by atoms with Gasteiger partial charge in [0.2, 0.25) is 18.0 Å². The maximum Gasteiger partial charge on any atom is 0.364 e. The van der Waals surface area contributed by atoms with E-state index in [9.17, 15) is 34.3 Å². The number of nitrogens with zero attached hydrogens (tertiary/aromatic N) is 2. The number of thioether (sulfide) groups is 1. The van der Waals surface area contributed by atoms with Gasteiger partial charge in [-0.1, -0.05) is 42.1 Å². The summed E-state index contributed by atoms with van der Waals surface area (Å²) in [5.41, 5.74) is 0.403. The standard InChI is InChI=1S/C20H23N5O7S/c1-20(2)13(17(28)29)25(32)15(27)12(16(25)33-20)22-14(26)11(10-6-4-3-5-7-10)23-19(31)24-9-8-21-18(24)30/h3-7,11-13,16H,8-9H2,1-2H3,(H,21,30)(H,22,26)(H,23,31)(H,28,29)/t11-,12-,13+,16-,25?/m1/s1. The Balaban J connectivity index is 1.54. The third kappa shape index (κ3) is 3.61. The number of hydrogen-bond acceptors (Lipinski definition) is 7. The van der Waals surface area contributed by atoms with Gasteiger partial charge in [0.05, 0.1) is 4.75 Å². The average molecular weight is 477 g/mol. The van der Waals surface area contributed by atoms with Crippen LogP contribution in [0.25, 0.3) is 0 Å². The number of β-lactam (4-membered cyclic amide) rings is 1. The second-order valence-corrected chi connectivity index (χ2v) is 10.3. The lowest BCUT2D eigenvalue weighted by atomic mass is 9.94. The number of fused-ring (bicyclic) bond motifs is 1. The van der Waals surface area contributed by atoms with E-state index < -0.39 is 62.7 Å². The van der Waals surface area contributed by atoms with Crippen LogP contribution < -0.4 is 16.0 Å². The number of imide groups is 1. The van der Waals surface area contributed by atoms with Crippen LogP contribution in [0.2, 0.25) is 0 Å². The van der Waals surface area contributed by atoms with Crippen LogP contribution in [-0.2, 0) is 14.4 Å². The van der Waals surface area contributed by atoms with Gasteiger partial charge in [-0.25, -0.2) is 24.1 Å². The number of aliphatic carboxylic acids is 1. The predicted octanol–water partition coefficient (Wildman–Crippen LogP) is 0.107. The van der Waals surface area contributed by atoms with E-state index in [-0.39, 0.29) is 13.1 Å². The van der Waals surface area contributed by atoms with Crippen molar-refractivity contribution in [2.45, 2.75) is 42.1 Å². The summed E-state index contributed by atoms with van der Waals surface area (Å²) in [4.78, 5) is 62.9. The Bertz CT molecular complexity index is 1030. The van der Waals surface area contributed by atoms with Crippen LogP contribution in [0, 0.1) is 5.21 Å². The molecule has 0 bridgehead atoms. The number of carbonyl (C=O) groups excluding carboxylic acids is 4. The summed E-state index contributed by atoms with van der Waals surface area (Å²) in [6, 6.07) is 2.90. The zero-order chi connectivity index (χ0) is 24.1. The molecular weight excluding hydrogens is 454 g/mol. The number of amides is 6. The normalized spacial score (nSPS) is 30.6. The Labute approximate surface area is 192 Å². The molecule has 0 spiro atoms. The molecule has 1 aromatic rings. The molecule has 5 atom stereocenters.